The molecule has 1 atom stereocenters. The van der Waals surface area contributed by atoms with Gasteiger partial charge in [0.15, 0.2) is 5.65 Å². The van der Waals surface area contributed by atoms with Gasteiger partial charge in [-0.2, -0.15) is 9.61 Å². The molecule has 0 amide bonds. The third-order valence-electron chi connectivity index (χ3n) is 5.13. The van der Waals surface area contributed by atoms with Crippen molar-refractivity contribution in [2.75, 3.05) is 11.9 Å². The van der Waals surface area contributed by atoms with Gasteiger partial charge in [0.2, 0.25) is 5.92 Å². The van der Waals surface area contributed by atoms with Gasteiger partial charge < -0.3 is 5.32 Å². The monoisotopic (exact) mass is 390 g/mol. The summed E-state index contributed by atoms with van der Waals surface area (Å²) >= 11 is 5.97. The van der Waals surface area contributed by atoms with Gasteiger partial charge in [-0.15, -0.1) is 0 Å². The summed E-state index contributed by atoms with van der Waals surface area (Å²) < 4.78 is 27.8. The summed E-state index contributed by atoms with van der Waals surface area (Å²) in [5.41, 5.74) is 3.61. The van der Waals surface area contributed by atoms with Gasteiger partial charge in [-0.1, -0.05) is 30.7 Å². The highest BCUT2D eigenvalue weighted by Gasteiger charge is 2.44. The van der Waals surface area contributed by atoms with Crippen LogP contribution in [-0.4, -0.2) is 27.1 Å². The second-order valence-corrected chi connectivity index (χ2v) is 7.84. The van der Waals surface area contributed by atoms with Gasteiger partial charge in [-0.05, 0) is 30.5 Å². The molecule has 4 rings (SSSR count). The first-order valence-electron chi connectivity index (χ1n) is 9.05. The van der Waals surface area contributed by atoms with Gasteiger partial charge in [-0.25, -0.2) is 13.8 Å². The van der Waals surface area contributed by atoms with Crippen LogP contribution < -0.4 is 5.32 Å². The zero-order valence-corrected chi connectivity index (χ0v) is 16.0. The molecule has 1 aliphatic carbocycles. The molecular formula is C20H21ClF2N4. The highest BCUT2D eigenvalue weighted by Crippen LogP contribution is 2.42. The highest BCUT2D eigenvalue weighted by molar-refractivity contribution is 6.30. The molecule has 142 valence electrons. The van der Waals surface area contributed by atoms with E-state index in [1.807, 2.05) is 43.3 Å². The smallest absolute Gasteiger partial charge is 0.248 e. The highest BCUT2D eigenvalue weighted by atomic mass is 35.5. The molecule has 7 heteroatoms. The zero-order valence-electron chi connectivity index (χ0n) is 15.2. The van der Waals surface area contributed by atoms with E-state index in [0.29, 0.717) is 11.6 Å². The van der Waals surface area contributed by atoms with Crippen LogP contribution in [-0.2, 0) is 0 Å². The summed E-state index contributed by atoms with van der Waals surface area (Å²) in [7, 11) is 0. The fourth-order valence-electron chi connectivity index (χ4n) is 3.56. The Labute approximate surface area is 161 Å². The minimum Gasteiger partial charge on any atom is -0.370 e. The average Bonchev–Trinajstić information content (AvgIpc) is 3.01. The van der Waals surface area contributed by atoms with E-state index < -0.39 is 5.92 Å². The molecule has 1 aliphatic rings. The quantitative estimate of drug-likeness (QED) is 0.642. The fourth-order valence-corrected chi connectivity index (χ4v) is 3.68. The molecule has 0 aliphatic heterocycles. The lowest BCUT2D eigenvalue weighted by Crippen LogP contribution is -2.39. The lowest BCUT2D eigenvalue weighted by Gasteiger charge is -2.35. The summed E-state index contributed by atoms with van der Waals surface area (Å²) in [6.07, 6.45) is -0.101. The van der Waals surface area contributed by atoms with Crippen LogP contribution in [0.2, 0.25) is 5.02 Å². The molecule has 1 N–H and O–H groups in total. The van der Waals surface area contributed by atoms with Gasteiger partial charge in [0.1, 0.15) is 5.82 Å². The van der Waals surface area contributed by atoms with Crippen molar-refractivity contribution >= 4 is 23.1 Å². The first-order chi connectivity index (χ1) is 12.8. The number of aromatic nitrogens is 3. The summed E-state index contributed by atoms with van der Waals surface area (Å²) in [5, 5.41) is 8.69. The Bertz CT molecular complexity index is 960. The van der Waals surface area contributed by atoms with E-state index in [-0.39, 0.29) is 24.7 Å². The normalized spacial score (nSPS) is 17.7. The van der Waals surface area contributed by atoms with Crippen LogP contribution in [0.15, 0.2) is 36.4 Å². The SMILES string of the molecule is Cc1cc(NCC2CC(F)(F)C2)n2nc(C(C)c3ccc(Cl)cc3)cc2n1. The van der Waals surface area contributed by atoms with E-state index in [1.165, 1.54) is 0 Å². The molecule has 4 nitrogen and oxygen atoms in total. The van der Waals surface area contributed by atoms with Crippen LogP contribution in [0.3, 0.4) is 0 Å². The number of hydrogen-bond acceptors (Lipinski definition) is 3. The van der Waals surface area contributed by atoms with Gasteiger partial charge in [0.05, 0.1) is 5.69 Å². The number of halogens is 3. The van der Waals surface area contributed by atoms with Crippen molar-refractivity contribution in [1.29, 1.82) is 0 Å². The lowest BCUT2D eigenvalue weighted by molar-refractivity contribution is -0.106. The molecule has 3 aromatic rings. The predicted molar refractivity (Wildman–Crippen MR) is 103 cm³/mol. The number of fused-ring (bicyclic) bond motifs is 1. The molecular weight excluding hydrogens is 370 g/mol. The van der Waals surface area contributed by atoms with Gasteiger partial charge in [0, 0.05) is 48.2 Å². The molecule has 2 heterocycles. The molecule has 1 fully saturated rings. The Balaban J connectivity index is 1.58. The van der Waals surface area contributed by atoms with Crippen LogP contribution in [0.4, 0.5) is 14.6 Å². The standard InChI is InChI=1S/C20H21ClF2N4/c1-12-7-18(24-11-14-9-20(22,23)10-14)27-19(25-12)8-17(26-27)13(2)15-3-5-16(21)6-4-15/h3-8,13-14,24H,9-11H2,1-2H3. The predicted octanol–water partition coefficient (Wildman–Crippen LogP) is 5.30. The van der Waals surface area contributed by atoms with Crippen molar-refractivity contribution in [3.63, 3.8) is 0 Å². The summed E-state index contributed by atoms with van der Waals surface area (Å²) in [5.74, 6) is -1.64. The third-order valence-corrected chi connectivity index (χ3v) is 5.39. The van der Waals surface area contributed by atoms with Crippen molar-refractivity contribution in [1.82, 2.24) is 14.6 Å². The topological polar surface area (TPSA) is 42.2 Å². The lowest BCUT2D eigenvalue weighted by atomic mass is 9.81. The largest absolute Gasteiger partial charge is 0.370 e. The molecule has 0 radical (unpaired) electrons. The van der Waals surface area contributed by atoms with Crippen LogP contribution >= 0.6 is 11.6 Å². The van der Waals surface area contributed by atoms with Crippen molar-refractivity contribution in [2.45, 2.75) is 38.5 Å². The Morgan fingerprint density at radius 1 is 1.26 bits per heavy atom. The maximum absolute atomic E-state index is 13.0. The van der Waals surface area contributed by atoms with Gasteiger partial charge in [0.25, 0.3) is 0 Å². The Morgan fingerprint density at radius 3 is 2.63 bits per heavy atom. The van der Waals surface area contributed by atoms with Crippen LogP contribution in [0.25, 0.3) is 5.65 Å². The number of nitrogens with one attached hydrogen (secondary N) is 1. The number of nitrogens with zero attached hydrogens (tertiary/aromatic N) is 3. The van der Waals surface area contributed by atoms with Gasteiger partial charge in [-0.3, -0.25) is 0 Å². The van der Waals surface area contributed by atoms with Crippen molar-refractivity contribution in [3.8, 4) is 0 Å². The van der Waals surface area contributed by atoms with Crippen molar-refractivity contribution < 1.29 is 8.78 Å². The molecule has 2 aromatic heterocycles. The van der Waals surface area contributed by atoms with E-state index in [1.54, 1.807) is 4.52 Å². The Kier molecular flexibility index (Phi) is 4.54. The van der Waals surface area contributed by atoms with E-state index >= 15 is 0 Å². The van der Waals surface area contributed by atoms with Crippen LogP contribution in [0.1, 0.15) is 42.6 Å². The molecule has 0 bridgehead atoms. The Morgan fingerprint density at radius 2 is 1.96 bits per heavy atom. The average molecular weight is 391 g/mol. The third kappa shape index (κ3) is 3.76. The summed E-state index contributed by atoms with van der Waals surface area (Å²) in [6, 6.07) is 11.6. The molecule has 1 aromatic carbocycles. The number of anilines is 1. The molecule has 27 heavy (non-hydrogen) atoms. The van der Waals surface area contributed by atoms with E-state index in [2.05, 4.69) is 17.2 Å². The van der Waals surface area contributed by atoms with Crippen LogP contribution in [0.5, 0.6) is 0 Å². The number of rotatable bonds is 5. The minimum absolute atomic E-state index is 0.00783. The first-order valence-corrected chi connectivity index (χ1v) is 9.43. The number of alkyl halides is 2. The van der Waals surface area contributed by atoms with E-state index in [9.17, 15) is 8.78 Å². The summed E-state index contributed by atoms with van der Waals surface area (Å²) in [4.78, 5) is 4.55. The van der Waals surface area contributed by atoms with Crippen LogP contribution in [0, 0.1) is 12.8 Å². The molecule has 0 saturated heterocycles. The van der Waals surface area contributed by atoms with Crippen molar-refractivity contribution in [3.05, 3.63) is 58.4 Å². The van der Waals surface area contributed by atoms with E-state index in [4.69, 9.17) is 16.7 Å². The number of benzene rings is 1. The maximum Gasteiger partial charge on any atom is 0.248 e. The maximum atomic E-state index is 13.0. The second-order valence-electron chi connectivity index (χ2n) is 7.41. The van der Waals surface area contributed by atoms with Crippen molar-refractivity contribution in [2.24, 2.45) is 5.92 Å². The van der Waals surface area contributed by atoms with E-state index in [0.717, 1.165) is 28.4 Å². The second kappa shape index (κ2) is 6.75. The number of aryl methyl sites for hydroxylation is 1. The first kappa shape index (κ1) is 18.2. The fraction of sp³-hybridized carbons (Fsp3) is 0.400. The van der Waals surface area contributed by atoms with Gasteiger partial charge >= 0.3 is 0 Å². The number of hydrogen-bond donors (Lipinski definition) is 1. The minimum atomic E-state index is -2.50. The molecule has 0 spiro atoms. The zero-order chi connectivity index (χ0) is 19.2. The summed E-state index contributed by atoms with van der Waals surface area (Å²) in [6.45, 7) is 4.51. The Hall–Kier alpha value is -2.21. The molecule has 1 unspecified atom stereocenters. The molecule has 1 saturated carbocycles.